The Morgan fingerprint density at radius 1 is 1.15 bits per heavy atom. The van der Waals surface area contributed by atoms with Gasteiger partial charge >= 0.3 is 0 Å². The minimum absolute atomic E-state index is 0.146. The minimum Gasteiger partial charge on any atom is -0.371 e. The Hall–Kier alpha value is -2.02. The van der Waals surface area contributed by atoms with Gasteiger partial charge in [-0.2, -0.15) is 0 Å². The van der Waals surface area contributed by atoms with Gasteiger partial charge in [0, 0.05) is 43.0 Å². The molecule has 1 aromatic heterocycles. The van der Waals surface area contributed by atoms with Gasteiger partial charge in [0.05, 0.1) is 0 Å². The summed E-state index contributed by atoms with van der Waals surface area (Å²) in [6, 6.07) is 6.19. The van der Waals surface area contributed by atoms with Gasteiger partial charge in [-0.25, -0.2) is 0 Å². The first-order valence-electron chi connectivity index (χ1n) is 9.81. The largest absolute Gasteiger partial charge is 0.371 e. The maximum Gasteiger partial charge on any atom is 0.227 e. The van der Waals surface area contributed by atoms with Crippen molar-refractivity contribution in [3.05, 3.63) is 18.2 Å². The average molecular weight is 386 g/mol. The van der Waals surface area contributed by atoms with E-state index in [1.54, 1.807) is 11.8 Å². The minimum atomic E-state index is 0.146. The zero-order chi connectivity index (χ0) is 18.8. The van der Waals surface area contributed by atoms with Crippen molar-refractivity contribution in [2.45, 2.75) is 43.7 Å². The maximum atomic E-state index is 12.2. The molecule has 4 rings (SSSR count). The van der Waals surface area contributed by atoms with Crippen LogP contribution in [0.5, 0.6) is 0 Å². The maximum absolute atomic E-state index is 12.2. The Balaban J connectivity index is 1.71. The van der Waals surface area contributed by atoms with E-state index in [1.165, 1.54) is 25.7 Å². The topological polar surface area (TPSA) is 63.1 Å². The summed E-state index contributed by atoms with van der Waals surface area (Å²) in [6.45, 7) is 2.08. The zero-order valence-electron chi connectivity index (χ0n) is 16.1. The van der Waals surface area contributed by atoms with Crippen molar-refractivity contribution < 1.29 is 4.79 Å². The number of hydrogen-bond donors (Lipinski definition) is 1. The lowest BCUT2D eigenvalue weighted by molar-refractivity contribution is -0.117. The van der Waals surface area contributed by atoms with Crippen LogP contribution in [0.4, 0.5) is 11.4 Å². The lowest BCUT2D eigenvalue weighted by Crippen LogP contribution is -2.25. The van der Waals surface area contributed by atoms with Crippen LogP contribution in [0.25, 0.3) is 11.4 Å². The molecule has 2 aliphatic rings. The molecule has 27 heavy (non-hydrogen) atoms. The van der Waals surface area contributed by atoms with Crippen LogP contribution in [-0.4, -0.2) is 40.0 Å². The molecule has 1 aliphatic heterocycles. The second-order valence-electron chi connectivity index (χ2n) is 7.47. The summed E-state index contributed by atoms with van der Waals surface area (Å²) < 4.78 is 2.05. The number of benzene rings is 1. The van der Waals surface area contributed by atoms with E-state index in [0.717, 1.165) is 53.9 Å². The molecule has 0 unspecified atom stereocenters. The van der Waals surface area contributed by atoms with Crippen molar-refractivity contribution in [1.82, 2.24) is 14.8 Å². The van der Waals surface area contributed by atoms with Gasteiger partial charge in [0.1, 0.15) is 0 Å². The highest BCUT2D eigenvalue weighted by Gasteiger charge is 2.30. The summed E-state index contributed by atoms with van der Waals surface area (Å²) >= 11 is 1.60. The molecule has 144 valence electrons. The Labute approximate surface area is 164 Å². The van der Waals surface area contributed by atoms with Crippen molar-refractivity contribution >= 4 is 29.0 Å². The molecule has 2 aromatic rings. The van der Waals surface area contributed by atoms with Crippen molar-refractivity contribution in [3.63, 3.8) is 0 Å². The molecule has 2 heterocycles. The lowest BCUT2D eigenvalue weighted by Gasteiger charge is -2.26. The third kappa shape index (κ3) is 3.98. The van der Waals surface area contributed by atoms with Crippen LogP contribution >= 0.6 is 11.8 Å². The van der Waals surface area contributed by atoms with E-state index in [9.17, 15) is 4.79 Å². The molecule has 0 spiro atoms. The average Bonchev–Trinajstić information content (AvgIpc) is 3.49. The van der Waals surface area contributed by atoms with Crippen LogP contribution in [-0.2, 0) is 11.8 Å². The van der Waals surface area contributed by atoms with Crippen LogP contribution in [0.1, 0.15) is 38.5 Å². The monoisotopic (exact) mass is 385 g/mol. The number of nitrogens with one attached hydrogen (secondary N) is 1. The first-order chi connectivity index (χ1) is 13.2. The number of thioether (sulfide) groups is 1. The molecule has 1 saturated carbocycles. The molecule has 1 saturated heterocycles. The predicted octanol–water partition coefficient (Wildman–Crippen LogP) is 3.93. The van der Waals surface area contributed by atoms with Gasteiger partial charge in [0.15, 0.2) is 11.0 Å². The van der Waals surface area contributed by atoms with Gasteiger partial charge in [0.25, 0.3) is 0 Å². The molecule has 2 fully saturated rings. The normalized spacial score (nSPS) is 17.6. The van der Waals surface area contributed by atoms with E-state index >= 15 is 0 Å². The number of amides is 1. The quantitative estimate of drug-likeness (QED) is 0.790. The second-order valence-corrected chi connectivity index (χ2v) is 8.24. The third-order valence-electron chi connectivity index (χ3n) is 5.42. The Kier molecular flexibility index (Phi) is 5.38. The summed E-state index contributed by atoms with van der Waals surface area (Å²) in [6.07, 6.45) is 9.01. The number of hydrogen-bond acceptors (Lipinski definition) is 5. The van der Waals surface area contributed by atoms with Gasteiger partial charge in [-0.1, -0.05) is 24.6 Å². The second kappa shape index (κ2) is 7.92. The highest BCUT2D eigenvalue weighted by Crippen LogP contribution is 2.36. The van der Waals surface area contributed by atoms with Crippen LogP contribution in [0.2, 0.25) is 0 Å². The van der Waals surface area contributed by atoms with Crippen LogP contribution in [0.3, 0.4) is 0 Å². The fourth-order valence-electron chi connectivity index (χ4n) is 3.69. The van der Waals surface area contributed by atoms with E-state index in [1.807, 2.05) is 23.9 Å². The molecular weight excluding hydrogens is 358 g/mol. The van der Waals surface area contributed by atoms with Crippen molar-refractivity contribution in [3.8, 4) is 11.4 Å². The number of aromatic nitrogens is 3. The molecule has 1 N–H and O–H groups in total. The van der Waals surface area contributed by atoms with Crippen molar-refractivity contribution in [2.24, 2.45) is 13.0 Å². The first-order valence-corrected chi connectivity index (χ1v) is 11.0. The van der Waals surface area contributed by atoms with E-state index in [2.05, 4.69) is 32.5 Å². The molecule has 1 amide bonds. The highest BCUT2D eigenvalue weighted by atomic mass is 32.2. The number of anilines is 2. The van der Waals surface area contributed by atoms with Crippen LogP contribution < -0.4 is 10.2 Å². The summed E-state index contributed by atoms with van der Waals surface area (Å²) in [5, 5.41) is 12.7. The lowest BCUT2D eigenvalue weighted by atomic mass is 10.1. The smallest absolute Gasteiger partial charge is 0.227 e. The molecular formula is C20H27N5OS. The van der Waals surface area contributed by atoms with Gasteiger partial charge < -0.3 is 14.8 Å². The number of nitrogens with zero attached hydrogens (tertiary/aromatic N) is 4. The predicted molar refractivity (Wildman–Crippen MR) is 110 cm³/mol. The molecule has 0 radical (unpaired) electrons. The number of carbonyl (C=O) groups excluding carboxylic acids is 1. The van der Waals surface area contributed by atoms with E-state index in [4.69, 9.17) is 0 Å². The Morgan fingerprint density at radius 2 is 1.89 bits per heavy atom. The standard InChI is InChI=1S/C20H27N5OS/c1-24-18(22-23-20(24)27-2)16-10-9-15(21-19(26)14-7-8-14)13-17(16)25-11-5-3-4-6-12-25/h9-10,13-14H,3-8,11-12H2,1-2H3,(H,21,26). The van der Waals surface area contributed by atoms with Gasteiger partial charge in [0.2, 0.25) is 5.91 Å². The van der Waals surface area contributed by atoms with E-state index in [0.29, 0.717) is 0 Å². The van der Waals surface area contributed by atoms with Crippen molar-refractivity contribution in [1.29, 1.82) is 0 Å². The Morgan fingerprint density at radius 3 is 2.52 bits per heavy atom. The van der Waals surface area contributed by atoms with E-state index in [-0.39, 0.29) is 11.8 Å². The summed E-state index contributed by atoms with van der Waals surface area (Å²) in [4.78, 5) is 14.7. The zero-order valence-corrected chi connectivity index (χ0v) is 16.9. The molecule has 1 aromatic carbocycles. The first kappa shape index (κ1) is 18.3. The highest BCUT2D eigenvalue weighted by molar-refractivity contribution is 7.98. The van der Waals surface area contributed by atoms with Crippen LogP contribution in [0, 0.1) is 5.92 Å². The Bertz CT molecular complexity index is 822. The molecule has 0 atom stereocenters. The SMILES string of the molecule is CSc1nnc(-c2ccc(NC(=O)C3CC3)cc2N2CCCCCC2)n1C. The number of carbonyl (C=O) groups is 1. The summed E-state index contributed by atoms with van der Waals surface area (Å²) in [7, 11) is 2.01. The molecule has 6 nitrogen and oxygen atoms in total. The number of rotatable bonds is 5. The third-order valence-corrected chi connectivity index (χ3v) is 6.14. The van der Waals surface area contributed by atoms with Gasteiger partial charge in [-0.3, -0.25) is 4.79 Å². The van der Waals surface area contributed by atoms with E-state index < -0.39 is 0 Å². The fourth-order valence-corrected chi connectivity index (χ4v) is 4.17. The molecule has 1 aliphatic carbocycles. The van der Waals surface area contributed by atoms with Crippen LogP contribution in [0.15, 0.2) is 23.4 Å². The molecule has 0 bridgehead atoms. The summed E-state index contributed by atoms with van der Waals surface area (Å²) in [5.74, 6) is 1.22. The molecule has 7 heteroatoms. The van der Waals surface area contributed by atoms with Crippen molar-refractivity contribution in [2.75, 3.05) is 29.6 Å². The van der Waals surface area contributed by atoms with Gasteiger partial charge in [-0.05, 0) is 50.1 Å². The fraction of sp³-hybridized carbons (Fsp3) is 0.550. The van der Waals surface area contributed by atoms with Gasteiger partial charge in [-0.15, -0.1) is 10.2 Å². The summed E-state index contributed by atoms with van der Waals surface area (Å²) in [5.41, 5.74) is 3.10.